The standard InChI is InChI=1S/C20H32N4O3/c1-5-17(25)13-23-8-10-24(11-9-23)16(4)19(26)22-20(27)21-18-7-6-14(2)12-15(18)3/h6-7,12,16-17,25H,5,8-11,13H2,1-4H3,(H2,21,22,26,27)/t16-,17-/m0/s1. The van der Waals surface area contributed by atoms with Gasteiger partial charge < -0.3 is 10.4 Å². The highest BCUT2D eigenvalue weighted by atomic mass is 16.3. The fourth-order valence-corrected chi connectivity index (χ4v) is 3.25. The first-order valence-electron chi connectivity index (χ1n) is 9.63. The Morgan fingerprint density at radius 2 is 1.85 bits per heavy atom. The van der Waals surface area contributed by atoms with Crippen LogP contribution in [0.1, 0.15) is 31.4 Å². The van der Waals surface area contributed by atoms with E-state index in [9.17, 15) is 14.7 Å². The van der Waals surface area contributed by atoms with Gasteiger partial charge in [-0.25, -0.2) is 4.79 Å². The highest BCUT2D eigenvalue weighted by molar-refractivity contribution is 6.03. The molecule has 2 atom stereocenters. The minimum absolute atomic E-state index is 0.300. The highest BCUT2D eigenvalue weighted by Gasteiger charge is 2.27. The van der Waals surface area contributed by atoms with Crippen LogP contribution in [0.25, 0.3) is 0 Å². The molecule has 7 nitrogen and oxygen atoms in total. The number of urea groups is 1. The lowest BCUT2D eigenvalue weighted by atomic mass is 10.1. The molecule has 0 unspecified atom stereocenters. The maximum Gasteiger partial charge on any atom is 0.325 e. The second-order valence-electron chi connectivity index (χ2n) is 7.34. The van der Waals surface area contributed by atoms with Crippen LogP contribution in [-0.2, 0) is 4.79 Å². The van der Waals surface area contributed by atoms with E-state index in [1.165, 1.54) is 0 Å². The topological polar surface area (TPSA) is 84.9 Å². The van der Waals surface area contributed by atoms with Gasteiger partial charge in [0.05, 0.1) is 12.1 Å². The summed E-state index contributed by atoms with van der Waals surface area (Å²) < 4.78 is 0. The molecular weight excluding hydrogens is 344 g/mol. The van der Waals surface area contributed by atoms with Crippen LogP contribution in [-0.4, -0.2) is 71.7 Å². The molecule has 0 bridgehead atoms. The van der Waals surface area contributed by atoms with Gasteiger partial charge in [-0.15, -0.1) is 0 Å². The van der Waals surface area contributed by atoms with Gasteiger partial charge in [-0.3, -0.25) is 19.9 Å². The molecule has 27 heavy (non-hydrogen) atoms. The lowest BCUT2D eigenvalue weighted by Gasteiger charge is -2.37. The van der Waals surface area contributed by atoms with Gasteiger partial charge in [-0.05, 0) is 38.8 Å². The zero-order valence-corrected chi connectivity index (χ0v) is 16.8. The van der Waals surface area contributed by atoms with Gasteiger partial charge in [0.2, 0.25) is 5.91 Å². The molecule has 0 aliphatic carbocycles. The molecule has 1 saturated heterocycles. The van der Waals surface area contributed by atoms with E-state index in [1.807, 2.05) is 45.9 Å². The number of nitrogens with zero attached hydrogens (tertiary/aromatic N) is 2. The third-order valence-electron chi connectivity index (χ3n) is 5.14. The smallest absolute Gasteiger partial charge is 0.325 e. The average molecular weight is 377 g/mol. The summed E-state index contributed by atoms with van der Waals surface area (Å²) in [5.74, 6) is -0.306. The van der Waals surface area contributed by atoms with Crippen molar-refractivity contribution in [3.8, 4) is 0 Å². The van der Waals surface area contributed by atoms with Crippen LogP contribution in [0.15, 0.2) is 18.2 Å². The Balaban J connectivity index is 1.80. The van der Waals surface area contributed by atoms with E-state index in [0.717, 1.165) is 43.7 Å². The Bertz CT molecular complexity index is 657. The number of amides is 3. The summed E-state index contributed by atoms with van der Waals surface area (Å²) >= 11 is 0. The van der Waals surface area contributed by atoms with Crippen LogP contribution in [0.4, 0.5) is 10.5 Å². The van der Waals surface area contributed by atoms with E-state index in [-0.39, 0.29) is 18.1 Å². The number of nitrogens with one attached hydrogen (secondary N) is 2. The monoisotopic (exact) mass is 376 g/mol. The fourth-order valence-electron chi connectivity index (χ4n) is 3.25. The van der Waals surface area contributed by atoms with Crippen molar-refractivity contribution in [2.24, 2.45) is 0 Å². The molecule has 0 aromatic heterocycles. The van der Waals surface area contributed by atoms with Crippen LogP contribution in [0.5, 0.6) is 0 Å². The minimum Gasteiger partial charge on any atom is -0.392 e. The third kappa shape index (κ3) is 6.30. The van der Waals surface area contributed by atoms with Crippen LogP contribution in [0, 0.1) is 13.8 Å². The number of anilines is 1. The lowest BCUT2D eigenvalue weighted by Crippen LogP contribution is -2.55. The van der Waals surface area contributed by atoms with Crippen molar-refractivity contribution in [2.75, 3.05) is 38.0 Å². The molecule has 1 aliphatic rings. The van der Waals surface area contributed by atoms with E-state index >= 15 is 0 Å². The van der Waals surface area contributed by atoms with Gasteiger partial charge in [0, 0.05) is 38.4 Å². The van der Waals surface area contributed by atoms with Crippen LogP contribution >= 0.6 is 0 Å². The summed E-state index contributed by atoms with van der Waals surface area (Å²) in [4.78, 5) is 28.9. The quantitative estimate of drug-likeness (QED) is 0.704. The van der Waals surface area contributed by atoms with Crippen LogP contribution in [0.2, 0.25) is 0 Å². The molecule has 0 radical (unpaired) electrons. The number of benzene rings is 1. The zero-order chi connectivity index (χ0) is 20.0. The van der Waals surface area contributed by atoms with Crippen molar-refractivity contribution >= 4 is 17.6 Å². The maximum absolute atomic E-state index is 12.4. The van der Waals surface area contributed by atoms with Gasteiger partial charge in [0.25, 0.3) is 0 Å². The number of carbonyl (C=O) groups is 2. The summed E-state index contributed by atoms with van der Waals surface area (Å²) in [5.41, 5.74) is 2.77. The number of hydrogen-bond acceptors (Lipinski definition) is 5. The van der Waals surface area contributed by atoms with Crippen molar-refractivity contribution < 1.29 is 14.7 Å². The van der Waals surface area contributed by atoms with E-state index in [4.69, 9.17) is 0 Å². The Morgan fingerprint density at radius 3 is 2.44 bits per heavy atom. The number of carbonyl (C=O) groups excluding carboxylic acids is 2. The summed E-state index contributed by atoms with van der Waals surface area (Å²) in [5, 5.41) is 14.9. The minimum atomic E-state index is -0.511. The van der Waals surface area contributed by atoms with E-state index in [1.54, 1.807) is 0 Å². The summed E-state index contributed by atoms with van der Waals surface area (Å²) in [6.45, 7) is 11.5. The van der Waals surface area contributed by atoms with Crippen molar-refractivity contribution in [1.29, 1.82) is 0 Å². The summed E-state index contributed by atoms with van der Waals surface area (Å²) in [6.07, 6.45) is 0.445. The van der Waals surface area contributed by atoms with E-state index < -0.39 is 6.03 Å². The largest absolute Gasteiger partial charge is 0.392 e. The second-order valence-corrected chi connectivity index (χ2v) is 7.34. The number of aliphatic hydroxyl groups is 1. The van der Waals surface area contributed by atoms with Crippen LogP contribution < -0.4 is 10.6 Å². The lowest BCUT2D eigenvalue weighted by molar-refractivity contribution is -0.125. The predicted molar refractivity (Wildman–Crippen MR) is 107 cm³/mol. The Kier molecular flexibility index (Phi) is 7.77. The van der Waals surface area contributed by atoms with E-state index in [0.29, 0.717) is 12.2 Å². The molecule has 0 spiro atoms. The van der Waals surface area contributed by atoms with Gasteiger partial charge >= 0.3 is 6.03 Å². The molecule has 1 heterocycles. The number of aliphatic hydroxyl groups excluding tert-OH is 1. The number of hydrogen-bond donors (Lipinski definition) is 3. The summed E-state index contributed by atoms with van der Waals surface area (Å²) in [7, 11) is 0. The molecule has 7 heteroatoms. The summed E-state index contributed by atoms with van der Waals surface area (Å²) in [6, 6.07) is 4.84. The van der Waals surface area contributed by atoms with Crippen molar-refractivity contribution in [1.82, 2.24) is 15.1 Å². The first-order chi connectivity index (χ1) is 12.8. The molecule has 150 valence electrons. The van der Waals surface area contributed by atoms with Gasteiger partial charge in [-0.1, -0.05) is 24.6 Å². The van der Waals surface area contributed by atoms with Gasteiger partial charge in [0.15, 0.2) is 0 Å². The van der Waals surface area contributed by atoms with Gasteiger partial charge in [0.1, 0.15) is 0 Å². The van der Waals surface area contributed by atoms with Gasteiger partial charge in [-0.2, -0.15) is 0 Å². The Morgan fingerprint density at radius 1 is 1.19 bits per heavy atom. The first kappa shape index (κ1) is 21.3. The number of imide groups is 1. The number of rotatable bonds is 6. The van der Waals surface area contributed by atoms with Crippen LogP contribution in [0.3, 0.4) is 0 Å². The zero-order valence-electron chi connectivity index (χ0n) is 16.8. The Labute approximate surface area is 161 Å². The molecule has 1 fully saturated rings. The second kappa shape index (κ2) is 9.82. The predicted octanol–water partition coefficient (Wildman–Crippen LogP) is 1.73. The Hall–Kier alpha value is -1.96. The molecule has 1 aromatic carbocycles. The SMILES string of the molecule is CC[C@H](O)CN1CCN([C@@H](C)C(=O)NC(=O)Nc2ccc(C)cc2C)CC1. The molecule has 3 amide bonds. The molecular formula is C20H32N4O3. The third-order valence-corrected chi connectivity index (χ3v) is 5.14. The molecule has 0 saturated carbocycles. The molecule has 2 rings (SSSR count). The molecule has 1 aromatic rings. The van der Waals surface area contributed by atoms with Crippen molar-refractivity contribution in [3.05, 3.63) is 29.3 Å². The van der Waals surface area contributed by atoms with E-state index in [2.05, 4.69) is 20.4 Å². The van der Waals surface area contributed by atoms with Crippen molar-refractivity contribution in [2.45, 2.75) is 46.3 Å². The first-order valence-corrected chi connectivity index (χ1v) is 9.63. The molecule has 3 N–H and O–H groups in total. The highest BCUT2D eigenvalue weighted by Crippen LogP contribution is 2.15. The molecule has 1 aliphatic heterocycles. The maximum atomic E-state index is 12.4. The van der Waals surface area contributed by atoms with Crippen molar-refractivity contribution in [3.63, 3.8) is 0 Å². The number of β-amino-alcohol motifs (C(OH)–C–C–N with tert-alkyl or cyclic N) is 1. The normalized spacial score (nSPS) is 18.0. The fraction of sp³-hybridized carbons (Fsp3) is 0.600. The average Bonchev–Trinajstić information content (AvgIpc) is 2.64. The number of aryl methyl sites for hydroxylation is 2. The number of piperazine rings is 1.